The van der Waals surface area contributed by atoms with E-state index < -0.39 is 0 Å². The highest BCUT2D eigenvalue weighted by Crippen LogP contribution is 2.27. The smallest absolute Gasteiger partial charge is 0.344 e. The fraction of sp³-hybridized carbons (Fsp3) is 0.533. The van der Waals surface area contributed by atoms with Crippen LogP contribution in [0.25, 0.3) is 0 Å². The maximum absolute atomic E-state index is 11.7. The molecule has 0 aliphatic carbocycles. The molecule has 0 amide bonds. The molecule has 0 fully saturated rings. The predicted molar refractivity (Wildman–Crippen MR) is 81.7 cm³/mol. The number of carbonyl (C=O) groups is 1. The van der Waals surface area contributed by atoms with Crippen LogP contribution in [-0.2, 0) is 9.53 Å². The van der Waals surface area contributed by atoms with E-state index in [4.69, 9.17) is 32.7 Å². The van der Waals surface area contributed by atoms with E-state index in [1.807, 2.05) is 0 Å². The lowest BCUT2D eigenvalue weighted by Crippen LogP contribution is -2.22. The average Bonchev–Trinajstić information content (AvgIpc) is 2.38. The molecule has 1 aromatic rings. The first-order valence-electron chi connectivity index (χ1n) is 6.84. The number of esters is 1. The summed E-state index contributed by atoms with van der Waals surface area (Å²) in [5.74, 6) is 0.0541. The van der Waals surface area contributed by atoms with Crippen molar-refractivity contribution in [3.05, 3.63) is 28.2 Å². The van der Waals surface area contributed by atoms with Gasteiger partial charge < -0.3 is 9.47 Å². The van der Waals surface area contributed by atoms with E-state index >= 15 is 0 Å². The van der Waals surface area contributed by atoms with Crippen molar-refractivity contribution in [1.29, 1.82) is 0 Å². The lowest BCUT2D eigenvalue weighted by atomic mass is 10.1. The van der Waals surface area contributed by atoms with E-state index in [2.05, 4.69) is 13.8 Å². The Balaban J connectivity index is 2.45. The number of carbonyl (C=O) groups excluding carboxylic acids is 1. The molecule has 0 saturated heterocycles. The second kappa shape index (κ2) is 9.09. The van der Waals surface area contributed by atoms with Gasteiger partial charge in [-0.05, 0) is 31.0 Å². The van der Waals surface area contributed by atoms with E-state index in [-0.39, 0.29) is 18.7 Å². The molecular formula is C15H20Cl2O3. The Morgan fingerprint density at radius 3 is 2.40 bits per heavy atom. The number of ether oxygens (including phenoxy) is 2. The molecule has 0 heterocycles. The Bertz CT molecular complexity index is 429. The van der Waals surface area contributed by atoms with Crippen molar-refractivity contribution in [2.24, 2.45) is 0 Å². The van der Waals surface area contributed by atoms with E-state index in [1.54, 1.807) is 18.2 Å². The van der Waals surface area contributed by atoms with Crippen LogP contribution in [0.2, 0.25) is 10.0 Å². The maximum Gasteiger partial charge on any atom is 0.344 e. The number of rotatable bonds is 8. The van der Waals surface area contributed by atoms with Gasteiger partial charge in [0.1, 0.15) is 11.9 Å². The zero-order chi connectivity index (χ0) is 15.0. The second-order valence-corrected chi connectivity index (χ2v) is 5.40. The minimum absolute atomic E-state index is 0.0261. The summed E-state index contributed by atoms with van der Waals surface area (Å²) in [5.41, 5.74) is 0. The topological polar surface area (TPSA) is 35.5 Å². The van der Waals surface area contributed by atoms with Gasteiger partial charge in [-0.15, -0.1) is 0 Å². The van der Waals surface area contributed by atoms with Gasteiger partial charge in [-0.3, -0.25) is 0 Å². The normalized spacial score (nSPS) is 10.7. The lowest BCUT2D eigenvalue weighted by molar-refractivity contribution is -0.152. The summed E-state index contributed by atoms with van der Waals surface area (Å²) >= 11 is 11.7. The van der Waals surface area contributed by atoms with Crippen LogP contribution in [0.1, 0.15) is 39.5 Å². The fourth-order valence-electron chi connectivity index (χ4n) is 1.85. The van der Waals surface area contributed by atoms with Crippen molar-refractivity contribution in [2.75, 3.05) is 6.61 Å². The van der Waals surface area contributed by atoms with E-state index in [0.29, 0.717) is 15.8 Å². The minimum atomic E-state index is -0.372. The molecule has 0 unspecified atom stereocenters. The number of hydrogen-bond donors (Lipinski definition) is 0. The zero-order valence-electron chi connectivity index (χ0n) is 11.8. The second-order valence-electron chi connectivity index (χ2n) is 4.55. The van der Waals surface area contributed by atoms with Gasteiger partial charge in [-0.2, -0.15) is 0 Å². The van der Waals surface area contributed by atoms with Crippen molar-refractivity contribution >= 4 is 29.2 Å². The van der Waals surface area contributed by atoms with Crippen LogP contribution in [0.5, 0.6) is 5.75 Å². The Hall–Kier alpha value is -0.930. The molecule has 20 heavy (non-hydrogen) atoms. The van der Waals surface area contributed by atoms with Crippen LogP contribution in [-0.4, -0.2) is 18.7 Å². The van der Waals surface area contributed by atoms with Crippen LogP contribution >= 0.6 is 23.2 Å². The quantitative estimate of drug-likeness (QED) is 0.640. The molecule has 1 aromatic carbocycles. The summed E-state index contributed by atoms with van der Waals surface area (Å²) < 4.78 is 10.7. The number of benzene rings is 1. The highest BCUT2D eigenvalue weighted by atomic mass is 35.5. The van der Waals surface area contributed by atoms with E-state index in [9.17, 15) is 4.79 Å². The highest BCUT2D eigenvalue weighted by molar-refractivity contribution is 6.35. The van der Waals surface area contributed by atoms with Gasteiger partial charge in [-0.1, -0.05) is 49.9 Å². The molecule has 0 atom stereocenters. The third-order valence-corrected chi connectivity index (χ3v) is 3.29. The molecule has 5 heteroatoms. The summed E-state index contributed by atoms with van der Waals surface area (Å²) in [6.07, 6.45) is 3.70. The van der Waals surface area contributed by atoms with Gasteiger partial charge in [0.2, 0.25) is 0 Å². The third kappa shape index (κ3) is 6.02. The van der Waals surface area contributed by atoms with Crippen LogP contribution in [0.3, 0.4) is 0 Å². The Kier molecular flexibility index (Phi) is 7.78. The highest BCUT2D eigenvalue weighted by Gasteiger charge is 2.14. The molecule has 3 nitrogen and oxygen atoms in total. The van der Waals surface area contributed by atoms with Crippen molar-refractivity contribution in [1.82, 2.24) is 0 Å². The molecule has 0 bridgehead atoms. The molecule has 0 radical (unpaired) electrons. The lowest BCUT2D eigenvalue weighted by Gasteiger charge is -2.16. The largest absolute Gasteiger partial charge is 0.480 e. The van der Waals surface area contributed by atoms with Gasteiger partial charge in [0.05, 0.1) is 5.02 Å². The van der Waals surface area contributed by atoms with Crippen LogP contribution in [0, 0.1) is 0 Å². The first-order valence-corrected chi connectivity index (χ1v) is 7.59. The molecule has 0 saturated carbocycles. The van der Waals surface area contributed by atoms with Gasteiger partial charge in [0.25, 0.3) is 0 Å². The van der Waals surface area contributed by atoms with Crippen LogP contribution in [0.15, 0.2) is 18.2 Å². The van der Waals surface area contributed by atoms with Crippen molar-refractivity contribution in [2.45, 2.75) is 45.6 Å². The van der Waals surface area contributed by atoms with Gasteiger partial charge >= 0.3 is 5.97 Å². The first kappa shape index (κ1) is 17.1. The Labute approximate surface area is 130 Å². The summed E-state index contributed by atoms with van der Waals surface area (Å²) in [5, 5.41) is 0.903. The molecule has 112 valence electrons. The standard InChI is InChI=1S/C15H20Cl2O3/c1-3-5-12(6-4-2)20-15(18)10-19-14-8-7-11(16)9-13(14)17/h7-9,12H,3-6,10H2,1-2H3. The van der Waals surface area contributed by atoms with Gasteiger partial charge in [-0.25, -0.2) is 4.79 Å². The third-order valence-electron chi connectivity index (χ3n) is 2.76. The number of hydrogen-bond acceptors (Lipinski definition) is 3. The van der Waals surface area contributed by atoms with E-state index in [1.165, 1.54) is 0 Å². The summed E-state index contributed by atoms with van der Waals surface area (Å²) in [6, 6.07) is 4.86. The van der Waals surface area contributed by atoms with Crippen LogP contribution in [0.4, 0.5) is 0 Å². The molecule has 0 aliphatic heterocycles. The number of halogens is 2. The predicted octanol–water partition coefficient (Wildman–Crippen LogP) is 4.88. The molecule has 0 aromatic heterocycles. The Morgan fingerprint density at radius 1 is 1.20 bits per heavy atom. The average molecular weight is 319 g/mol. The Morgan fingerprint density at radius 2 is 1.85 bits per heavy atom. The summed E-state index contributed by atoms with van der Waals surface area (Å²) in [7, 11) is 0. The van der Waals surface area contributed by atoms with Crippen LogP contribution < -0.4 is 4.74 Å². The molecule has 0 aliphatic rings. The van der Waals surface area contributed by atoms with E-state index in [0.717, 1.165) is 25.7 Å². The van der Waals surface area contributed by atoms with Crippen molar-refractivity contribution < 1.29 is 14.3 Å². The monoisotopic (exact) mass is 318 g/mol. The van der Waals surface area contributed by atoms with Crippen molar-refractivity contribution in [3.63, 3.8) is 0 Å². The fourth-order valence-corrected chi connectivity index (χ4v) is 2.32. The van der Waals surface area contributed by atoms with Gasteiger partial charge in [0, 0.05) is 5.02 Å². The van der Waals surface area contributed by atoms with Crippen molar-refractivity contribution in [3.8, 4) is 5.75 Å². The summed E-state index contributed by atoms with van der Waals surface area (Å²) in [6.45, 7) is 3.99. The molecular weight excluding hydrogens is 299 g/mol. The summed E-state index contributed by atoms with van der Waals surface area (Å²) in [4.78, 5) is 11.7. The molecule has 0 N–H and O–H groups in total. The first-order chi connectivity index (χ1) is 9.56. The molecule has 1 rings (SSSR count). The maximum atomic E-state index is 11.7. The van der Waals surface area contributed by atoms with Gasteiger partial charge in [0.15, 0.2) is 6.61 Å². The SMILES string of the molecule is CCCC(CCC)OC(=O)COc1ccc(Cl)cc1Cl. The minimum Gasteiger partial charge on any atom is -0.480 e. The molecule has 0 spiro atoms. The zero-order valence-corrected chi connectivity index (χ0v) is 13.3.